The van der Waals surface area contributed by atoms with E-state index in [-0.39, 0.29) is 24.2 Å². The highest BCUT2D eigenvalue weighted by Gasteiger charge is 2.25. The number of amides is 1. The van der Waals surface area contributed by atoms with Crippen molar-refractivity contribution in [1.29, 1.82) is 0 Å². The lowest BCUT2D eigenvalue weighted by atomic mass is 10.1. The van der Waals surface area contributed by atoms with Gasteiger partial charge in [-0.2, -0.15) is 0 Å². The van der Waals surface area contributed by atoms with Crippen molar-refractivity contribution in [2.45, 2.75) is 25.7 Å². The number of likely N-dealkylation sites (N-methyl/N-ethyl adjacent to an activating group) is 1. The monoisotopic (exact) mass is 199 g/mol. The van der Waals surface area contributed by atoms with Crippen LogP contribution < -0.4 is 5.73 Å². The molecule has 1 rings (SSSR count). The van der Waals surface area contributed by atoms with E-state index in [0.29, 0.717) is 0 Å². The highest BCUT2D eigenvalue weighted by Crippen LogP contribution is 2.25. The molecule has 5 nitrogen and oxygen atoms in total. The van der Waals surface area contributed by atoms with Crippen molar-refractivity contribution in [3.8, 4) is 0 Å². The van der Waals surface area contributed by atoms with Crippen molar-refractivity contribution >= 4 is 11.7 Å². The van der Waals surface area contributed by atoms with Crippen LogP contribution in [0.4, 0.5) is 0 Å². The zero-order valence-electron chi connectivity index (χ0n) is 8.44. The van der Waals surface area contributed by atoms with Gasteiger partial charge in [0.2, 0.25) is 5.91 Å². The Labute approximate surface area is 83.6 Å². The van der Waals surface area contributed by atoms with Crippen LogP contribution >= 0.6 is 0 Å². The van der Waals surface area contributed by atoms with Crippen molar-refractivity contribution < 1.29 is 10.0 Å². The van der Waals surface area contributed by atoms with Gasteiger partial charge in [0.1, 0.15) is 0 Å². The van der Waals surface area contributed by atoms with E-state index < -0.39 is 0 Å². The van der Waals surface area contributed by atoms with E-state index in [9.17, 15) is 4.79 Å². The number of carbonyl (C=O) groups is 1. The van der Waals surface area contributed by atoms with Gasteiger partial charge in [-0.15, -0.1) is 0 Å². The van der Waals surface area contributed by atoms with Crippen molar-refractivity contribution in [1.82, 2.24) is 4.90 Å². The maximum Gasteiger partial charge on any atom is 0.225 e. The van der Waals surface area contributed by atoms with Gasteiger partial charge in [-0.3, -0.25) is 4.79 Å². The number of carbonyl (C=O) groups excluding carboxylic acids is 1. The van der Waals surface area contributed by atoms with E-state index in [2.05, 4.69) is 5.16 Å². The Hall–Kier alpha value is -1.26. The van der Waals surface area contributed by atoms with Crippen LogP contribution in [0.3, 0.4) is 0 Å². The van der Waals surface area contributed by atoms with Crippen LogP contribution in [0.5, 0.6) is 0 Å². The molecule has 80 valence electrons. The SMILES string of the molecule is CN(CC(N)=NO)C(=O)C1CCCC1. The second kappa shape index (κ2) is 4.83. The Morgan fingerprint density at radius 2 is 2.14 bits per heavy atom. The average Bonchev–Trinajstić information content (AvgIpc) is 2.69. The first kappa shape index (κ1) is 10.8. The third kappa shape index (κ3) is 2.61. The van der Waals surface area contributed by atoms with E-state index in [0.717, 1.165) is 25.7 Å². The fraction of sp³-hybridized carbons (Fsp3) is 0.778. The minimum Gasteiger partial charge on any atom is -0.409 e. The number of oxime groups is 1. The number of hydrogen-bond acceptors (Lipinski definition) is 3. The molecule has 0 aromatic heterocycles. The quantitative estimate of drug-likeness (QED) is 0.298. The third-order valence-corrected chi connectivity index (χ3v) is 2.61. The van der Waals surface area contributed by atoms with Gasteiger partial charge in [-0.25, -0.2) is 0 Å². The van der Waals surface area contributed by atoms with Crippen LogP contribution in [0.1, 0.15) is 25.7 Å². The number of nitrogens with zero attached hydrogens (tertiary/aromatic N) is 2. The molecule has 1 fully saturated rings. The Morgan fingerprint density at radius 1 is 1.57 bits per heavy atom. The Bertz CT molecular complexity index is 234. The van der Waals surface area contributed by atoms with Gasteiger partial charge in [0.05, 0.1) is 6.54 Å². The van der Waals surface area contributed by atoms with Gasteiger partial charge in [-0.1, -0.05) is 18.0 Å². The second-order valence-electron chi connectivity index (χ2n) is 3.77. The summed E-state index contributed by atoms with van der Waals surface area (Å²) >= 11 is 0. The Kier molecular flexibility index (Phi) is 3.73. The lowest BCUT2D eigenvalue weighted by molar-refractivity contribution is -0.133. The first-order valence-corrected chi connectivity index (χ1v) is 4.86. The fourth-order valence-electron chi connectivity index (χ4n) is 1.84. The molecule has 5 heteroatoms. The summed E-state index contributed by atoms with van der Waals surface area (Å²) in [7, 11) is 1.68. The summed E-state index contributed by atoms with van der Waals surface area (Å²) in [6, 6.07) is 0. The summed E-state index contributed by atoms with van der Waals surface area (Å²) in [6.07, 6.45) is 4.21. The van der Waals surface area contributed by atoms with Crippen LogP contribution in [0.15, 0.2) is 5.16 Å². The zero-order chi connectivity index (χ0) is 10.6. The van der Waals surface area contributed by atoms with Crippen LogP contribution in [0, 0.1) is 5.92 Å². The van der Waals surface area contributed by atoms with E-state index in [1.165, 1.54) is 4.90 Å². The minimum absolute atomic E-state index is 0.0684. The van der Waals surface area contributed by atoms with Crippen LogP contribution in [-0.2, 0) is 4.79 Å². The molecule has 14 heavy (non-hydrogen) atoms. The molecule has 0 aromatic carbocycles. The van der Waals surface area contributed by atoms with Gasteiger partial charge in [0.25, 0.3) is 0 Å². The minimum atomic E-state index is 0.0684. The van der Waals surface area contributed by atoms with Gasteiger partial charge in [-0.05, 0) is 12.8 Å². The number of amidine groups is 1. The first-order valence-electron chi connectivity index (χ1n) is 4.86. The summed E-state index contributed by atoms with van der Waals surface area (Å²) in [5, 5.41) is 11.2. The molecule has 1 saturated carbocycles. The maximum absolute atomic E-state index is 11.7. The summed E-state index contributed by atoms with van der Waals surface area (Å²) in [5.74, 6) is 0.319. The predicted octanol–water partition coefficient (Wildman–Crippen LogP) is 0.381. The molecule has 1 amide bonds. The van der Waals surface area contributed by atoms with E-state index in [4.69, 9.17) is 10.9 Å². The summed E-state index contributed by atoms with van der Waals surface area (Å²) in [6.45, 7) is 0.200. The largest absolute Gasteiger partial charge is 0.409 e. The van der Waals surface area contributed by atoms with Gasteiger partial charge in [0.15, 0.2) is 5.84 Å². The van der Waals surface area contributed by atoms with Crippen molar-refractivity contribution in [3.05, 3.63) is 0 Å². The normalized spacial score (nSPS) is 18.5. The zero-order valence-corrected chi connectivity index (χ0v) is 8.44. The predicted molar refractivity (Wildman–Crippen MR) is 53.0 cm³/mol. The highest BCUT2D eigenvalue weighted by atomic mass is 16.4. The van der Waals surface area contributed by atoms with Crippen molar-refractivity contribution in [2.24, 2.45) is 16.8 Å². The number of hydrogen-bond donors (Lipinski definition) is 2. The summed E-state index contributed by atoms with van der Waals surface area (Å²) in [4.78, 5) is 13.2. The summed E-state index contributed by atoms with van der Waals surface area (Å²) < 4.78 is 0. The molecule has 0 radical (unpaired) electrons. The smallest absolute Gasteiger partial charge is 0.225 e. The van der Waals surface area contributed by atoms with Gasteiger partial charge < -0.3 is 15.8 Å². The molecule has 0 bridgehead atoms. The number of rotatable bonds is 3. The molecule has 1 aliphatic carbocycles. The molecule has 0 aliphatic heterocycles. The van der Waals surface area contributed by atoms with Crippen molar-refractivity contribution in [3.63, 3.8) is 0 Å². The van der Waals surface area contributed by atoms with Gasteiger partial charge >= 0.3 is 0 Å². The molecule has 0 atom stereocenters. The summed E-state index contributed by atoms with van der Waals surface area (Å²) in [5.41, 5.74) is 5.32. The van der Waals surface area contributed by atoms with Crippen molar-refractivity contribution in [2.75, 3.05) is 13.6 Å². The Morgan fingerprint density at radius 3 is 2.64 bits per heavy atom. The lowest BCUT2D eigenvalue weighted by Gasteiger charge is -2.19. The highest BCUT2D eigenvalue weighted by molar-refractivity contribution is 5.87. The molecule has 0 heterocycles. The van der Waals surface area contributed by atoms with Gasteiger partial charge in [0, 0.05) is 13.0 Å². The lowest BCUT2D eigenvalue weighted by Crippen LogP contribution is -2.38. The molecule has 0 aromatic rings. The second-order valence-corrected chi connectivity index (χ2v) is 3.77. The van der Waals surface area contributed by atoms with E-state index in [1.54, 1.807) is 7.05 Å². The average molecular weight is 199 g/mol. The standard InChI is InChI=1S/C9H17N3O2/c1-12(6-8(10)11-14)9(13)7-4-2-3-5-7/h7,14H,2-6H2,1H3,(H2,10,11). The van der Waals surface area contributed by atoms with Crippen LogP contribution in [0.2, 0.25) is 0 Å². The van der Waals surface area contributed by atoms with E-state index >= 15 is 0 Å². The molecule has 0 saturated heterocycles. The molecular weight excluding hydrogens is 182 g/mol. The first-order chi connectivity index (χ1) is 6.65. The third-order valence-electron chi connectivity index (χ3n) is 2.61. The molecule has 1 aliphatic rings. The van der Waals surface area contributed by atoms with Crippen LogP contribution in [-0.4, -0.2) is 35.4 Å². The molecule has 3 N–H and O–H groups in total. The maximum atomic E-state index is 11.7. The van der Waals surface area contributed by atoms with E-state index in [1.807, 2.05) is 0 Å². The molecule has 0 unspecified atom stereocenters. The van der Waals surface area contributed by atoms with Crippen LogP contribution in [0.25, 0.3) is 0 Å². The topological polar surface area (TPSA) is 78.9 Å². The molecular formula is C9H17N3O2. The fourth-order valence-corrected chi connectivity index (χ4v) is 1.84. The Balaban J connectivity index is 2.43. The molecule has 0 spiro atoms. The number of nitrogens with two attached hydrogens (primary N) is 1.